The largest absolute Gasteiger partial charge is 0.508 e. The minimum atomic E-state index is -1.91. The predicted molar refractivity (Wildman–Crippen MR) is 286 cm³/mol. The van der Waals surface area contributed by atoms with Gasteiger partial charge in [-0.15, -0.1) is 0 Å². The summed E-state index contributed by atoms with van der Waals surface area (Å²) in [5, 5.41) is 65.7. The number of nitrogens with one attached hydrogen (secondary N) is 10. The molecule has 0 saturated carbocycles. The van der Waals surface area contributed by atoms with Crippen molar-refractivity contribution in [2.24, 2.45) is 5.92 Å². The van der Waals surface area contributed by atoms with Crippen molar-refractivity contribution in [2.75, 3.05) is 38.7 Å². The number of carbonyl (C=O) groups is 11. The molecule has 10 amide bonds. The van der Waals surface area contributed by atoms with Crippen LogP contribution in [-0.2, 0) is 65.6 Å². The van der Waals surface area contributed by atoms with Crippen molar-refractivity contribution in [3.05, 3.63) is 59.7 Å². The average molecular weight is 1130 g/mol. The highest BCUT2D eigenvalue weighted by Crippen LogP contribution is 2.25. The maximum atomic E-state index is 14.4. The average Bonchev–Trinajstić information content (AvgIpc) is 3.88. The molecule has 0 spiro atoms. The maximum Gasteiger partial charge on any atom is 0.305 e. The van der Waals surface area contributed by atoms with E-state index in [2.05, 4.69) is 53.2 Å². The lowest BCUT2D eigenvalue weighted by molar-refractivity contribution is -0.143. The molecule has 2 aromatic rings. The number of aliphatic hydroxyl groups is 1. The molecule has 2 aliphatic heterocycles. The third-order valence-electron chi connectivity index (χ3n) is 12.4. The van der Waals surface area contributed by atoms with Crippen LogP contribution in [0.2, 0.25) is 0 Å². The number of likely N-dealkylation sites (N-methyl/N-ethyl adjacent to an activating group) is 2. The van der Waals surface area contributed by atoms with Crippen LogP contribution < -0.4 is 53.2 Å². The highest BCUT2D eigenvalue weighted by atomic mass is 33.1. The second-order valence-electron chi connectivity index (χ2n) is 19.3. The van der Waals surface area contributed by atoms with Gasteiger partial charge in [0, 0.05) is 44.0 Å². The summed E-state index contributed by atoms with van der Waals surface area (Å²) in [5.41, 5.74) is 0.789. The summed E-state index contributed by atoms with van der Waals surface area (Å²) >= 11 is 0. The van der Waals surface area contributed by atoms with E-state index in [0.717, 1.165) is 21.6 Å². The number of nitrogens with zero attached hydrogens (tertiary/aromatic N) is 1. The van der Waals surface area contributed by atoms with Gasteiger partial charge < -0.3 is 78.5 Å². The van der Waals surface area contributed by atoms with Crippen LogP contribution in [0.15, 0.2) is 48.5 Å². The van der Waals surface area contributed by atoms with E-state index in [1.807, 2.05) is 13.8 Å². The summed E-state index contributed by atoms with van der Waals surface area (Å²) < 4.78 is 0. The molecule has 0 bridgehead atoms. The molecule has 26 nitrogen and oxygen atoms in total. The molecule has 2 aliphatic rings. The fraction of sp³-hybridized carbons (Fsp3) is 0.540. The molecule has 10 atom stereocenters. The van der Waals surface area contributed by atoms with Gasteiger partial charge in [0.2, 0.25) is 59.1 Å². The van der Waals surface area contributed by atoms with E-state index in [1.165, 1.54) is 74.4 Å². The number of rotatable bonds is 16. The smallest absolute Gasteiger partial charge is 0.305 e. The van der Waals surface area contributed by atoms with Crippen LogP contribution in [0.5, 0.6) is 11.5 Å². The zero-order valence-electron chi connectivity index (χ0n) is 44.1. The van der Waals surface area contributed by atoms with E-state index in [0.29, 0.717) is 17.5 Å². The van der Waals surface area contributed by atoms with Crippen molar-refractivity contribution in [3.63, 3.8) is 0 Å². The Morgan fingerprint density at radius 2 is 1.27 bits per heavy atom. The van der Waals surface area contributed by atoms with Crippen molar-refractivity contribution >= 4 is 86.6 Å². The van der Waals surface area contributed by atoms with Gasteiger partial charge in [-0.3, -0.25) is 52.7 Å². The third-order valence-corrected chi connectivity index (χ3v) is 15.0. The number of aliphatic hydroxyl groups excluding tert-OH is 1. The second-order valence-corrected chi connectivity index (χ2v) is 21.8. The minimum absolute atomic E-state index is 0.0823. The van der Waals surface area contributed by atoms with Crippen LogP contribution >= 0.6 is 21.6 Å². The molecule has 78 heavy (non-hydrogen) atoms. The van der Waals surface area contributed by atoms with Gasteiger partial charge in [-0.2, -0.15) is 0 Å². The zero-order chi connectivity index (χ0) is 57.8. The quantitative estimate of drug-likeness (QED) is 0.0590. The van der Waals surface area contributed by atoms with Crippen LogP contribution in [0, 0.1) is 5.92 Å². The third kappa shape index (κ3) is 19.7. The molecular weight excluding hydrogens is 1060 g/mol. The minimum Gasteiger partial charge on any atom is -0.508 e. The number of carboxylic acid groups (broad SMARTS) is 1. The lowest BCUT2D eigenvalue weighted by Gasteiger charge is -2.31. The van der Waals surface area contributed by atoms with E-state index < -0.39 is 138 Å². The lowest BCUT2D eigenvalue weighted by Crippen LogP contribution is -2.61. The molecule has 0 radical (unpaired) electrons. The number of phenols is 2. The standard InChI is InChI=1S/C50H71N11O15S2/c1-25(2)18-35(58-49(75)41(51-5)47(73)52-6)50(76)61-17-7-8-37(61)46(72)59-36-24-78-77-23-26(3)54-48(74)40(27(4)62)60-38(65)22-53-42(68)32(19-28-9-13-30(63)14-10-28)55-43(69)33(20-29-11-15-31(64)16-12-29)56-44(70)34(21-39(66)67)57-45(36)71/h9-16,25-27,32-37,40-41,51,62-64H,7-8,17-24H2,1-6H3,(H,52,73)(H,53,68)(H,54,74)(H,55,69)(H,56,70)(H,57,71)(H,58,75)(H,59,72)(H,60,65)(H,66,67)/t26-,27-,32+,33+,34+,35+,36+,37+,40?,41?/m1/s1. The number of aromatic hydroxyl groups is 2. The molecule has 14 N–H and O–H groups in total. The molecule has 2 unspecified atom stereocenters. The van der Waals surface area contributed by atoms with Crippen molar-refractivity contribution in [1.29, 1.82) is 0 Å². The fourth-order valence-electron chi connectivity index (χ4n) is 8.34. The van der Waals surface area contributed by atoms with Crippen molar-refractivity contribution < 1.29 is 73.2 Å². The molecule has 0 aromatic heterocycles. The Labute approximate surface area is 458 Å². The molecule has 428 valence electrons. The number of aliphatic carboxylic acids is 1. The summed E-state index contributed by atoms with van der Waals surface area (Å²) in [6.07, 6.45) is -2.41. The Morgan fingerprint density at radius 3 is 1.81 bits per heavy atom. The monoisotopic (exact) mass is 1130 g/mol. The van der Waals surface area contributed by atoms with E-state index in [4.69, 9.17) is 0 Å². The molecule has 28 heteroatoms. The first-order valence-electron chi connectivity index (χ1n) is 25.2. The van der Waals surface area contributed by atoms with Crippen LogP contribution in [-0.4, -0.2) is 190 Å². The summed E-state index contributed by atoms with van der Waals surface area (Å²) in [5.74, 6) is -10.7. The maximum absolute atomic E-state index is 14.4. The first-order valence-corrected chi connectivity index (χ1v) is 27.7. The summed E-state index contributed by atoms with van der Waals surface area (Å²) in [6.45, 7) is 5.86. The zero-order valence-corrected chi connectivity index (χ0v) is 45.7. The summed E-state index contributed by atoms with van der Waals surface area (Å²) in [4.78, 5) is 152. The lowest BCUT2D eigenvalue weighted by atomic mass is 10.0. The van der Waals surface area contributed by atoms with E-state index >= 15 is 0 Å². The van der Waals surface area contributed by atoms with Gasteiger partial charge in [0.05, 0.1) is 19.1 Å². The van der Waals surface area contributed by atoms with Gasteiger partial charge in [0.1, 0.15) is 53.8 Å². The van der Waals surface area contributed by atoms with E-state index in [-0.39, 0.29) is 61.2 Å². The van der Waals surface area contributed by atoms with Gasteiger partial charge in [0.15, 0.2) is 6.04 Å². The second kappa shape index (κ2) is 30.7. The number of amides is 10. The topological polar surface area (TPSA) is 392 Å². The van der Waals surface area contributed by atoms with Gasteiger partial charge in [0.25, 0.3) is 0 Å². The first kappa shape index (κ1) is 63.4. The number of carbonyl (C=O) groups excluding carboxylic acids is 10. The Hall–Kier alpha value is -7.17. The highest BCUT2D eigenvalue weighted by Gasteiger charge is 2.41. The van der Waals surface area contributed by atoms with Gasteiger partial charge in [-0.25, -0.2) is 0 Å². The Bertz CT molecular complexity index is 2470. The molecule has 2 heterocycles. The van der Waals surface area contributed by atoms with Gasteiger partial charge in [-0.05, 0) is 81.5 Å². The van der Waals surface area contributed by atoms with Crippen molar-refractivity contribution in [3.8, 4) is 11.5 Å². The molecule has 2 aromatic carbocycles. The van der Waals surface area contributed by atoms with Crippen LogP contribution in [0.1, 0.15) is 64.5 Å². The van der Waals surface area contributed by atoms with Crippen molar-refractivity contribution in [1.82, 2.24) is 58.1 Å². The molecule has 2 fully saturated rings. The Morgan fingerprint density at radius 1 is 0.718 bits per heavy atom. The van der Waals surface area contributed by atoms with E-state index in [1.54, 1.807) is 6.92 Å². The van der Waals surface area contributed by atoms with Gasteiger partial charge >= 0.3 is 5.97 Å². The molecule has 0 aliphatic carbocycles. The van der Waals surface area contributed by atoms with Crippen molar-refractivity contribution in [2.45, 2.75) is 127 Å². The number of benzene rings is 2. The number of hydrogen-bond donors (Lipinski definition) is 14. The normalized spacial score (nSPS) is 23.6. The fourth-order valence-corrected chi connectivity index (χ4v) is 10.8. The molecular formula is C50H71N11O15S2. The number of carboxylic acids is 1. The van der Waals surface area contributed by atoms with Crippen LogP contribution in [0.25, 0.3) is 0 Å². The Balaban J connectivity index is 1.72. The van der Waals surface area contributed by atoms with Crippen LogP contribution in [0.4, 0.5) is 0 Å². The predicted octanol–water partition coefficient (Wildman–Crippen LogP) is -2.97. The number of hydrogen-bond acceptors (Lipinski definition) is 17. The SMILES string of the molecule is CNC(=O)C(NC)C(=O)N[C@@H](CC(C)C)C(=O)N1CCC[C@H]1C(=O)N[C@H]1CSSC[C@@H](C)NC(=O)C([C@@H](C)O)NC(=O)CNC(=O)[C@H](Cc2ccc(O)cc2)NC(=O)[C@H](Cc2ccc(O)cc2)NC(=O)[C@H](CC(=O)O)NC1=O. The number of phenolic OH excluding ortho intramolecular Hbond substituents is 2. The van der Waals surface area contributed by atoms with Gasteiger partial charge in [-0.1, -0.05) is 59.7 Å². The summed E-state index contributed by atoms with van der Waals surface area (Å²) in [6, 6.07) is -1.31. The molecule has 4 rings (SSSR count). The first-order chi connectivity index (χ1) is 36.9. The highest BCUT2D eigenvalue weighted by molar-refractivity contribution is 8.76. The van der Waals surface area contributed by atoms with E-state index in [9.17, 15) is 73.2 Å². The summed E-state index contributed by atoms with van der Waals surface area (Å²) in [7, 11) is 4.91. The molecule has 2 saturated heterocycles. The number of likely N-dealkylation sites (tertiary alicyclic amines) is 1. The Kier molecular flexibility index (Phi) is 24.9. The van der Waals surface area contributed by atoms with Crippen LogP contribution in [0.3, 0.4) is 0 Å².